The minimum atomic E-state index is 0.666. The number of fused-ring (bicyclic) bond motifs is 7. The van der Waals surface area contributed by atoms with Gasteiger partial charge in [-0.1, -0.05) is 127 Å². The van der Waals surface area contributed by atoms with E-state index >= 15 is 0 Å². The minimum Gasteiger partial charge on any atom is -0.208 e. The first kappa shape index (κ1) is 24.2. The smallest absolute Gasteiger partial charge is 0.164 e. The SMILES string of the molecule is c1ccc2cc(-c3nc(-c4cccc5ccccc45)nc(-c4cccc5ccc6c7ccccc7sc6c45)n3)ccc2c1. The average molecular weight is 566 g/mol. The average Bonchev–Trinajstić information content (AvgIpc) is 3.46. The van der Waals surface area contributed by atoms with Crippen molar-refractivity contribution in [1.82, 2.24) is 15.0 Å². The highest BCUT2D eigenvalue weighted by Gasteiger charge is 2.18. The second-order valence-electron chi connectivity index (χ2n) is 10.8. The minimum absolute atomic E-state index is 0.666. The quantitative estimate of drug-likeness (QED) is 0.214. The lowest BCUT2D eigenvalue weighted by Crippen LogP contribution is -2.01. The molecule has 0 N–H and O–H groups in total. The fraction of sp³-hybridized carbons (Fsp3) is 0. The Morgan fingerprint density at radius 3 is 1.91 bits per heavy atom. The van der Waals surface area contributed by atoms with Gasteiger partial charge in [0, 0.05) is 42.2 Å². The molecule has 0 aliphatic heterocycles. The summed E-state index contributed by atoms with van der Waals surface area (Å²) in [6.45, 7) is 0. The Kier molecular flexibility index (Phi) is 5.37. The van der Waals surface area contributed by atoms with Crippen LogP contribution in [0.15, 0.2) is 140 Å². The summed E-state index contributed by atoms with van der Waals surface area (Å²) in [6.07, 6.45) is 0. The molecule has 2 heterocycles. The van der Waals surface area contributed by atoms with Gasteiger partial charge in [-0.25, -0.2) is 15.0 Å². The van der Waals surface area contributed by atoms with Gasteiger partial charge in [0.2, 0.25) is 0 Å². The Bertz CT molecular complexity index is 2520. The maximum Gasteiger partial charge on any atom is 0.164 e. The van der Waals surface area contributed by atoms with Gasteiger partial charge in [-0.15, -0.1) is 11.3 Å². The highest BCUT2D eigenvalue weighted by Crippen LogP contribution is 2.42. The van der Waals surface area contributed by atoms with Gasteiger partial charge in [-0.2, -0.15) is 0 Å². The van der Waals surface area contributed by atoms with Crippen LogP contribution in [-0.4, -0.2) is 15.0 Å². The number of hydrogen-bond acceptors (Lipinski definition) is 4. The lowest BCUT2D eigenvalue weighted by Gasteiger charge is -2.12. The Labute approximate surface area is 251 Å². The van der Waals surface area contributed by atoms with Crippen molar-refractivity contribution in [2.45, 2.75) is 0 Å². The van der Waals surface area contributed by atoms with E-state index in [-0.39, 0.29) is 0 Å². The second-order valence-corrected chi connectivity index (χ2v) is 11.9. The van der Waals surface area contributed by atoms with Gasteiger partial charge >= 0.3 is 0 Å². The van der Waals surface area contributed by atoms with Crippen LogP contribution in [0.5, 0.6) is 0 Å². The standard InChI is InChI=1S/C39H23N3S/c1-2-11-27-23-28(20-19-24(27)9-1)37-40-38(32-16-7-12-25-10-3-4-14-29(25)32)42-39(41-37)33-17-8-13-26-21-22-31-30-15-5-6-18-34(30)43-36(31)35(26)33/h1-23H. The van der Waals surface area contributed by atoms with Crippen LogP contribution in [-0.2, 0) is 0 Å². The van der Waals surface area contributed by atoms with Gasteiger partial charge in [-0.05, 0) is 39.1 Å². The fourth-order valence-electron chi connectivity index (χ4n) is 6.23. The number of rotatable bonds is 3. The van der Waals surface area contributed by atoms with Gasteiger partial charge in [0.05, 0.1) is 0 Å². The largest absolute Gasteiger partial charge is 0.208 e. The Morgan fingerprint density at radius 2 is 1.02 bits per heavy atom. The summed E-state index contributed by atoms with van der Waals surface area (Å²) in [5.74, 6) is 2.02. The molecule has 4 heteroatoms. The van der Waals surface area contributed by atoms with Crippen molar-refractivity contribution in [3.8, 4) is 34.2 Å². The number of benzene rings is 7. The van der Waals surface area contributed by atoms with Crippen molar-refractivity contribution in [3.05, 3.63) is 140 Å². The van der Waals surface area contributed by atoms with Crippen LogP contribution in [0.2, 0.25) is 0 Å². The van der Waals surface area contributed by atoms with Crippen molar-refractivity contribution in [2.24, 2.45) is 0 Å². The summed E-state index contributed by atoms with van der Waals surface area (Å²) in [5, 5.41) is 9.53. The zero-order chi connectivity index (χ0) is 28.3. The number of nitrogens with zero attached hydrogens (tertiary/aromatic N) is 3. The number of hydrogen-bond donors (Lipinski definition) is 0. The predicted octanol–water partition coefficient (Wildman–Crippen LogP) is 10.7. The van der Waals surface area contributed by atoms with Crippen LogP contribution in [0.1, 0.15) is 0 Å². The van der Waals surface area contributed by atoms with Crippen LogP contribution >= 0.6 is 11.3 Å². The molecule has 200 valence electrons. The van der Waals surface area contributed by atoms with Crippen molar-refractivity contribution in [1.29, 1.82) is 0 Å². The third-order valence-electron chi connectivity index (χ3n) is 8.30. The first-order valence-corrected chi connectivity index (χ1v) is 15.2. The monoisotopic (exact) mass is 565 g/mol. The van der Waals surface area contributed by atoms with Crippen LogP contribution in [0.4, 0.5) is 0 Å². The molecule has 0 amide bonds. The molecule has 0 aliphatic carbocycles. The Morgan fingerprint density at radius 1 is 0.395 bits per heavy atom. The molecular weight excluding hydrogens is 543 g/mol. The van der Waals surface area contributed by atoms with Gasteiger partial charge in [0.15, 0.2) is 17.5 Å². The molecule has 0 unspecified atom stereocenters. The normalized spacial score (nSPS) is 11.7. The van der Waals surface area contributed by atoms with Crippen LogP contribution in [0.25, 0.3) is 86.7 Å². The summed E-state index contributed by atoms with van der Waals surface area (Å²) in [6, 6.07) is 49.1. The molecule has 0 saturated heterocycles. The van der Waals surface area contributed by atoms with Gasteiger partial charge in [0.25, 0.3) is 0 Å². The Balaban J connectivity index is 1.36. The zero-order valence-corrected chi connectivity index (χ0v) is 23.8. The molecule has 2 aromatic heterocycles. The van der Waals surface area contributed by atoms with E-state index in [1.165, 1.54) is 36.3 Å². The van der Waals surface area contributed by atoms with E-state index in [2.05, 4.69) is 140 Å². The summed E-state index contributed by atoms with van der Waals surface area (Å²) in [7, 11) is 0. The topological polar surface area (TPSA) is 38.7 Å². The molecular formula is C39H23N3S. The molecule has 0 aliphatic rings. The highest BCUT2D eigenvalue weighted by atomic mass is 32.1. The molecule has 0 spiro atoms. The van der Waals surface area contributed by atoms with Gasteiger partial charge in [-0.3, -0.25) is 0 Å². The lowest BCUT2D eigenvalue weighted by molar-refractivity contribution is 1.08. The second kappa shape index (κ2) is 9.55. The number of aromatic nitrogens is 3. The lowest BCUT2D eigenvalue weighted by atomic mass is 10.0. The summed E-state index contributed by atoms with van der Waals surface area (Å²) < 4.78 is 2.54. The zero-order valence-electron chi connectivity index (χ0n) is 23.0. The highest BCUT2D eigenvalue weighted by molar-refractivity contribution is 7.26. The van der Waals surface area contributed by atoms with Gasteiger partial charge < -0.3 is 0 Å². The maximum absolute atomic E-state index is 5.21. The molecule has 0 atom stereocenters. The van der Waals surface area contributed by atoms with E-state index in [0.717, 1.165) is 32.8 Å². The van der Waals surface area contributed by atoms with Crippen LogP contribution in [0, 0.1) is 0 Å². The Hall–Kier alpha value is -5.45. The third-order valence-corrected chi connectivity index (χ3v) is 9.51. The van der Waals surface area contributed by atoms with E-state index in [1.807, 2.05) is 11.3 Å². The summed E-state index contributed by atoms with van der Waals surface area (Å²) in [4.78, 5) is 15.5. The van der Waals surface area contributed by atoms with E-state index in [0.29, 0.717) is 17.5 Å². The molecule has 43 heavy (non-hydrogen) atoms. The van der Waals surface area contributed by atoms with Gasteiger partial charge in [0.1, 0.15) is 0 Å². The predicted molar refractivity (Wildman–Crippen MR) is 182 cm³/mol. The third kappa shape index (κ3) is 3.92. The fourth-order valence-corrected chi connectivity index (χ4v) is 7.51. The van der Waals surface area contributed by atoms with Crippen LogP contribution in [0.3, 0.4) is 0 Å². The van der Waals surface area contributed by atoms with Crippen molar-refractivity contribution >= 4 is 63.8 Å². The molecule has 9 rings (SSSR count). The molecule has 3 nitrogen and oxygen atoms in total. The van der Waals surface area contributed by atoms with E-state index in [4.69, 9.17) is 15.0 Å². The molecule has 0 fully saturated rings. The molecule has 0 radical (unpaired) electrons. The first-order chi connectivity index (χ1) is 21.3. The van der Waals surface area contributed by atoms with Crippen molar-refractivity contribution < 1.29 is 0 Å². The van der Waals surface area contributed by atoms with Crippen molar-refractivity contribution in [3.63, 3.8) is 0 Å². The molecule has 9 aromatic rings. The maximum atomic E-state index is 5.21. The van der Waals surface area contributed by atoms with E-state index < -0.39 is 0 Å². The van der Waals surface area contributed by atoms with Crippen molar-refractivity contribution in [2.75, 3.05) is 0 Å². The molecule has 0 saturated carbocycles. The first-order valence-electron chi connectivity index (χ1n) is 14.4. The summed E-state index contributed by atoms with van der Waals surface area (Å²) in [5.41, 5.74) is 2.98. The summed E-state index contributed by atoms with van der Waals surface area (Å²) >= 11 is 1.83. The molecule has 0 bridgehead atoms. The molecule has 7 aromatic carbocycles. The van der Waals surface area contributed by atoms with E-state index in [1.54, 1.807) is 0 Å². The number of thiophene rings is 1. The van der Waals surface area contributed by atoms with E-state index in [9.17, 15) is 0 Å². The van der Waals surface area contributed by atoms with Crippen LogP contribution < -0.4 is 0 Å².